The van der Waals surface area contributed by atoms with Crippen molar-refractivity contribution < 1.29 is 0 Å². The van der Waals surface area contributed by atoms with E-state index in [1.807, 2.05) is 18.2 Å². The van der Waals surface area contributed by atoms with Crippen molar-refractivity contribution in [3.05, 3.63) is 27.7 Å². The summed E-state index contributed by atoms with van der Waals surface area (Å²) in [5.41, 5.74) is 7.08. The van der Waals surface area contributed by atoms with E-state index >= 15 is 0 Å². The molecule has 1 aromatic carbocycles. The molecule has 0 bridgehead atoms. The third-order valence-corrected chi connectivity index (χ3v) is 5.12. The number of rotatable bonds is 3. The number of nitrogens with zero attached hydrogens (tertiary/aromatic N) is 1. The summed E-state index contributed by atoms with van der Waals surface area (Å²) in [6.07, 6.45) is 3.33. The minimum Gasteiger partial charge on any atom is -0.378 e. The van der Waals surface area contributed by atoms with Crippen LogP contribution in [0.4, 0.5) is 5.69 Å². The van der Waals surface area contributed by atoms with Crippen LogP contribution < -0.4 is 11.1 Å². The molecule has 0 radical (unpaired) electrons. The second-order valence-corrected chi connectivity index (χ2v) is 6.66. The minimum atomic E-state index is -0.0120. The van der Waals surface area contributed by atoms with E-state index in [0.29, 0.717) is 6.54 Å². The highest BCUT2D eigenvalue weighted by Crippen LogP contribution is 2.30. The van der Waals surface area contributed by atoms with Gasteiger partial charge < -0.3 is 16.0 Å². The zero-order valence-corrected chi connectivity index (χ0v) is 13.6. The molecule has 1 aliphatic heterocycles. The average molecular weight is 347 g/mol. The summed E-state index contributed by atoms with van der Waals surface area (Å²) in [5.74, 6) is 0. The Morgan fingerprint density at radius 2 is 2.21 bits per heavy atom. The van der Waals surface area contributed by atoms with Gasteiger partial charge in [-0.05, 0) is 67.0 Å². The van der Waals surface area contributed by atoms with E-state index < -0.39 is 0 Å². The van der Waals surface area contributed by atoms with E-state index in [-0.39, 0.29) is 5.54 Å². The predicted octanol–water partition coefficient (Wildman–Crippen LogP) is 3.33. The lowest BCUT2D eigenvalue weighted by molar-refractivity contribution is 0.337. The van der Waals surface area contributed by atoms with E-state index in [0.717, 1.165) is 41.1 Å². The first-order valence-electron chi connectivity index (χ1n) is 6.66. The molecule has 106 valence electrons. The van der Waals surface area contributed by atoms with Crippen molar-refractivity contribution in [3.63, 3.8) is 0 Å². The van der Waals surface area contributed by atoms with Crippen LogP contribution in [0.3, 0.4) is 0 Å². The fraction of sp³-hybridized carbons (Fsp3) is 0.571. The van der Waals surface area contributed by atoms with Gasteiger partial charge in [0.1, 0.15) is 0 Å². The van der Waals surface area contributed by atoms with E-state index in [9.17, 15) is 0 Å². The fourth-order valence-electron chi connectivity index (χ4n) is 2.59. The summed E-state index contributed by atoms with van der Waals surface area (Å²) < 4.78 is 0.919. The van der Waals surface area contributed by atoms with E-state index in [1.54, 1.807) is 0 Å². The molecule has 0 spiro atoms. The number of halogens is 2. The molecule has 1 atom stereocenters. The molecule has 3 N–H and O–H groups in total. The van der Waals surface area contributed by atoms with E-state index in [2.05, 4.69) is 33.2 Å². The molecular formula is C14H21BrClN3. The Balaban J connectivity index is 2.15. The Labute approximate surface area is 128 Å². The van der Waals surface area contributed by atoms with Crippen molar-refractivity contribution in [2.75, 3.05) is 32.0 Å². The van der Waals surface area contributed by atoms with Crippen molar-refractivity contribution >= 4 is 33.2 Å². The molecule has 1 aliphatic rings. The second-order valence-electron chi connectivity index (χ2n) is 5.40. The molecule has 3 nitrogen and oxygen atoms in total. The van der Waals surface area contributed by atoms with Gasteiger partial charge in [-0.3, -0.25) is 0 Å². The summed E-state index contributed by atoms with van der Waals surface area (Å²) in [7, 11) is 2.17. The zero-order chi connectivity index (χ0) is 13.9. The van der Waals surface area contributed by atoms with Gasteiger partial charge in [-0.15, -0.1) is 0 Å². The molecule has 5 heteroatoms. The van der Waals surface area contributed by atoms with Crippen LogP contribution in [0.15, 0.2) is 22.7 Å². The molecule has 0 amide bonds. The highest BCUT2D eigenvalue weighted by atomic mass is 79.9. The molecule has 1 unspecified atom stereocenters. The maximum atomic E-state index is 6.15. The van der Waals surface area contributed by atoms with Gasteiger partial charge in [0.25, 0.3) is 0 Å². The van der Waals surface area contributed by atoms with Crippen molar-refractivity contribution in [2.45, 2.75) is 24.8 Å². The number of hydrogen-bond donors (Lipinski definition) is 2. The van der Waals surface area contributed by atoms with Crippen LogP contribution in [-0.2, 0) is 0 Å². The first kappa shape index (κ1) is 15.1. The Hall–Kier alpha value is -0.290. The van der Waals surface area contributed by atoms with E-state index in [4.69, 9.17) is 17.3 Å². The van der Waals surface area contributed by atoms with Crippen LogP contribution >= 0.6 is 27.5 Å². The summed E-state index contributed by atoms with van der Waals surface area (Å²) >= 11 is 9.56. The number of anilines is 1. The molecule has 1 fully saturated rings. The van der Waals surface area contributed by atoms with Gasteiger partial charge in [0.05, 0.1) is 10.6 Å². The van der Waals surface area contributed by atoms with Gasteiger partial charge in [0, 0.05) is 23.2 Å². The fourth-order valence-corrected chi connectivity index (χ4v) is 3.02. The number of benzene rings is 1. The number of nitrogens with two attached hydrogens (primary N) is 1. The minimum absolute atomic E-state index is 0.0120. The van der Waals surface area contributed by atoms with Crippen molar-refractivity contribution in [2.24, 2.45) is 5.73 Å². The maximum Gasteiger partial charge on any atom is 0.0568 e. The van der Waals surface area contributed by atoms with Crippen LogP contribution in [0.1, 0.15) is 19.3 Å². The van der Waals surface area contributed by atoms with E-state index in [1.165, 1.54) is 6.42 Å². The molecule has 1 aromatic rings. The van der Waals surface area contributed by atoms with Crippen LogP contribution in [-0.4, -0.2) is 37.1 Å². The Morgan fingerprint density at radius 3 is 2.89 bits per heavy atom. The normalized spacial score (nSPS) is 25.1. The van der Waals surface area contributed by atoms with Gasteiger partial charge >= 0.3 is 0 Å². The number of nitrogens with one attached hydrogen (secondary N) is 1. The van der Waals surface area contributed by atoms with Gasteiger partial charge in [0.15, 0.2) is 0 Å². The summed E-state index contributed by atoms with van der Waals surface area (Å²) in [4.78, 5) is 2.37. The van der Waals surface area contributed by atoms with Crippen LogP contribution in [0.25, 0.3) is 0 Å². The van der Waals surface area contributed by atoms with Crippen LogP contribution in [0.2, 0.25) is 5.02 Å². The first-order valence-corrected chi connectivity index (χ1v) is 7.84. The summed E-state index contributed by atoms with van der Waals surface area (Å²) in [6.45, 7) is 2.87. The molecule has 1 saturated heterocycles. The summed E-state index contributed by atoms with van der Waals surface area (Å²) in [5, 5.41) is 4.34. The molecule has 2 rings (SSSR count). The first-order chi connectivity index (χ1) is 9.04. The van der Waals surface area contributed by atoms with Gasteiger partial charge in [0.2, 0.25) is 0 Å². The second kappa shape index (κ2) is 6.44. The molecule has 1 heterocycles. The van der Waals surface area contributed by atoms with Gasteiger partial charge in [-0.25, -0.2) is 0 Å². The highest BCUT2D eigenvalue weighted by molar-refractivity contribution is 9.10. The van der Waals surface area contributed by atoms with Crippen molar-refractivity contribution in [3.8, 4) is 0 Å². The monoisotopic (exact) mass is 345 g/mol. The standard InChI is InChI=1S/C14H21BrClN3/c1-19-7-2-5-14(10-17,6-8-19)18-11-3-4-12(15)13(16)9-11/h3-4,9,18H,2,5-8,10,17H2,1H3. The Morgan fingerprint density at radius 1 is 1.42 bits per heavy atom. The molecule has 0 saturated carbocycles. The smallest absolute Gasteiger partial charge is 0.0568 e. The van der Waals surface area contributed by atoms with Gasteiger partial charge in [-0.2, -0.15) is 0 Å². The lowest BCUT2D eigenvalue weighted by Gasteiger charge is -2.34. The maximum absolute atomic E-state index is 6.15. The average Bonchev–Trinajstić information content (AvgIpc) is 2.57. The molecular weight excluding hydrogens is 326 g/mol. The van der Waals surface area contributed by atoms with Crippen LogP contribution in [0.5, 0.6) is 0 Å². The lowest BCUT2D eigenvalue weighted by Crippen LogP contribution is -2.46. The number of likely N-dealkylation sites (tertiary alicyclic amines) is 1. The molecule has 0 aliphatic carbocycles. The third kappa shape index (κ3) is 3.85. The highest BCUT2D eigenvalue weighted by Gasteiger charge is 2.30. The largest absolute Gasteiger partial charge is 0.378 e. The molecule has 19 heavy (non-hydrogen) atoms. The Kier molecular flexibility index (Phi) is 5.12. The third-order valence-electron chi connectivity index (χ3n) is 3.89. The Bertz CT molecular complexity index is 441. The van der Waals surface area contributed by atoms with Crippen molar-refractivity contribution in [1.82, 2.24) is 4.90 Å². The summed E-state index contributed by atoms with van der Waals surface area (Å²) in [6, 6.07) is 5.97. The molecule has 0 aromatic heterocycles. The SMILES string of the molecule is CN1CCCC(CN)(Nc2ccc(Br)c(Cl)c2)CC1. The topological polar surface area (TPSA) is 41.3 Å². The zero-order valence-electron chi connectivity index (χ0n) is 11.3. The predicted molar refractivity (Wildman–Crippen MR) is 85.9 cm³/mol. The van der Waals surface area contributed by atoms with Crippen LogP contribution in [0, 0.1) is 0 Å². The quantitative estimate of drug-likeness (QED) is 0.882. The number of hydrogen-bond acceptors (Lipinski definition) is 3. The van der Waals surface area contributed by atoms with Gasteiger partial charge in [-0.1, -0.05) is 11.6 Å². The van der Waals surface area contributed by atoms with Crippen molar-refractivity contribution in [1.29, 1.82) is 0 Å². The lowest BCUT2D eigenvalue weighted by atomic mass is 9.90.